The molecule has 0 bridgehead atoms. The van der Waals surface area contributed by atoms with Crippen LogP contribution in [0.15, 0.2) is 89.8 Å². The van der Waals surface area contributed by atoms with Gasteiger partial charge in [-0.3, -0.25) is 0 Å². The zero-order valence-corrected chi connectivity index (χ0v) is 15.4. The lowest BCUT2D eigenvalue weighted by molar-refractivity contribution is -0.152. The lowest BCUT2D eigenvalue weighted by Gasteiger charge is -2.29. The standard InChI is InChI=1S/C21H18O5S/c1-16-12-14-19(15-13-16)27(24,25)26-21(20(22)23,17-8-4-2-5-9-17)18-10-6-3-7-11-18/h2-15H,1H3,(H,22,23). The van der Waals surface area contributed by atoms with Crippen LogP contribution in [0.25, 0.3) is 0 Å². The molecule has 0 radical (unpaired) electrons. The van der Waals surface area contributed by atoms with Crippen molar-refractivity contribution >= 4 is 16.1 Å². The minimum atomic E-state index is -4.36. The van der Waals surface area contributed by atoms with Crippen molar-refractivity contribution in [3.8, 4) is 0 Å². The molecule has 138 valence electrons. The summed E-state index contributed by atoms with van der Waals surface area (Å²) in [6.07, 6.45) is 0. The quantitative estimate of drug-likeness (QED) is 0.657. The number of hydrogen-bond donors (Lipinski definition) is 1. The number of rotatable bonds is 6. The number of benzene rings is 3. The van der Waals surface area contributed by atoms with Crippen LogP contribution in [0, 0.1) is 6.92 Å². The van der Waals surface area contributed by atoms with Gasteiger partial charge in [0.25, 0.3) is 10.1 Å². The molecule has 0 aromatic heterocycles. The van der Waals surface area contributed by atoms with E-state index >= 15 is 0 Å². The second kappa shape index (κ2) is 7.34. The predicted molar refractivity (Wildman–Crippen MR) is 101 cm³/mol. The van der Waals surface area contributed by atoms with Gasteiger partial charge in [0.1, 0.15) is 0 Å². The highest BCUT2D eigenvalue weighted by Crippen LogP contribution is 2.37. The van der Waals surface area contributed by atoms with E-state index < -0.39 is 21.7 Å². The van der Waals surface area contributed by atoms with Gasteiger partial charge in [-0.1, -0.05) is 78.4 Å². The Morgan fingerprint density at radius 1 is 0.815 bits per heavy atom. The first-order valence-electron chi connectivity index (χ1n) is 8.23. The van der Waals surface area contributed by atoms with Gasteiger partial charge in [0.2, 0.25) is 5.60 Å². The van der Waals surface area contributed by atoms with Crippen LogP contribution in [0.2, 0.25) is 0 Å². The molecule has 0 saturated carbocycles. The fourth-order valence-corrected chi connectivity index (χ4v) is 3.97. The van der Waals surface area contributed by atoms with Crippen molar-refractivity contribution in [1.29, 1.82) is 0 Å². The molecule has 27 heavy (non-hydrogen) atoms. The zero-order chi connectivity index (χ0) is 19.5. The van der Waals surface area contributed by atoms with Crippen LogP contribution in [-0.2, 0) is 24.7 Å². The molecule has 0 spiro atoms. The van der Waals surface area contributed by atoms with Gasteiger partial charge in [0.05, 0.1) is 4.90 Å². The van der Waals surface area contributed by atoms with Gasteiger partial charge >= 0.3 is 5.97 Å². The molecule has 3 rings (SSSR count). The molecule has 0 fully saturated rings. The lowest BCUT2D eigenvalue weighted by Crippen LogP contribution is -2.41. The van der Waals surface area contributed by atoms with E-state index in [1.54, 1.807) is 48.5 Å². The first-order valence-corrected chi connectivity index (χ1v) is 9.64. The molecular weight excluding hydrogens is 364 g/mol. The van der Waals surface area contributed by atoms with E-state index in [1.165, 1.54) is 36.4 Å². The summed E-state index contributed by atoms with van der Waals surface area (Å²) in [5.41, 5.74) is -0.907. The molecule has 0 aliphatic heterocycles. The van der Waals surface area contributed by atoms with Crippen LogP contribution in [0.1, 0.15) is 16.7 Å². The Hall–Kier alpha value is -2.96. The minimum absolute atomic E-state index is 0.106. The molecule has 3 aromatic rings. The molecule has 0 aliphatic rings. The van der Waals surface area contributed by atoms with Crippen LogP contribution < -0.4 is 0 Å². The summed E-state index contributed by atoms with van der Waals surface area (Å²) in [6, 6.07) is 22.2. The number of carboxylic acid groups (broad SMARTS) is 1. The van der Waals surface area contributed by atoms with E-state index in [1.807, 2.05) is 6.92 Å². The average Bonchev–Trinajstić information content (AvgIpc) is 2.67. The van der Waals surface area contributed by atoms with Crippen molar-refractivity contribution in [3.63, 3.8) is 0 Å². The number of carboxylic acids is 1. The SMILES string of the molecule is Cc1ccc(S(=O)(=O)OC(C(=O)O)(c2ccccc2)c2ccccc2)cc1. The van der Waals surface area contributed by atoms with E-state index in [2.05, 4.69) is 0 Å². The summed E-state index contributed by atoms with van der Waals surface area (Å²) >= 11 is 0. The van der Waals surface area contributed by atoms with Gasteiger partial charge in [0, 0.05) is 11.1 Å². The van der Waals surface area contributed by atoms with Gasteiger partial charge in [-0.2, -0.15) is 8.42 Å². The van der Waals surface area contributed by atoms with Crippen molar-refractivity contribution < 1.29 is 22.5 Å². The molecule has 0 unspecified atom stereocenters. The Kier molecular flexibility index (Phi) is 5.12. The van der Waals surface area contributed by atoms with Gasteiger partial charge in [-0.25, -0.2) is 8.98 Å². The Morgan fingerprint density at radius 2 is 1.26 bits per heavy atom. The van der Waals surface area contributed by atoms with E-state index in [4.69, 9.17) is 4.18 Å². The first kappa shape index (κ1) is 18.8. The average molecular weight is 382 g/mol. The topological polar surface area (TPSA) is 80.7 Å². The van der Waals surface area contributed by atoms with Crippen LogP contribution in [-0.4, -0.2) is 19.5 Å². The fraction of sp³-hybridized carbons (Fsp3) is 0.0952. The van der Waals surface area contributed by atoms with Crippen molar-refractivity contribution in [2.75, 3.05) is 0 Å². The van der Waals surface area contributed by atoms with Gasteiger partial charge in [-0.05, 0) is 19.1 Å². The molecule has 0 aliphatic carbocycles. The number of aryl methyl sites for hydroxylation is 1. The molecule has 3 aromatic carbocycles. The number of aliphatic carboxylic acids is 1. The lowest BCUT2D eigenvalue weighted by atomic mass is 9.86. The molecule has 5 nitrogen and oxygen atoms in total. The summed E-state index contributed by atoms with van der Waals surface area (Å²) in [5.74, 6) is -1.42. The third kappa shape index (κ3) is 3.63. The van der Waals surface area contributed by atoms with Crippen molar-refractivity contribution in [1.82, 2.24) is 0 Å². The maximum atomic E-state index is 12.9. The second-order valence-electron chi connectivity index (χ2n) is 6.07. The van der Waals surface area contributed by atoms with Crippen LogP contribution in [0.3, 0.4) is 0 Å². The Balaban J connectivity index is 2.21. The molecule has 0 amide bonds. The molecule has 0 saturated heterocycles. The van der Waals surface area contributed by atoms with Crippen molar-refractivity contribution in [2.45, 2.75) is 17.4 Å². The van der Waals surface area contributed by atoms with Crippen LogP contribution >= 0.6 is 0 Å². The normalized spacial score (nSPS) is 11.9. The van der Waals surface area contributed by atoms with E-state index in [-0.39, 0.29) is 16.0 Å². The maximum Gasteiger partial charge on any atom is 0.347 e. The third-order valence-corrected chi connectivity index (χ3v) is 5.53. The highest BCUT2D eigenvalue weighted by atomic mass is 32.2. The van der Waals surface area contributed by atoms with E-state index in [9.17, 15) is 18.3 Å². The van der Waals surface area contributed by atoms with Crippen molar-refractivity contribution in [2.24, 2.45) is 0 Å². The van der Waals surface area contributed by atoms with E-state index in [0.29, 0.717) is 0 Å². The van der Waals surface area contributed by atoms with Crippen LogP contribution in [0.5, 0.6) is 0 Å². The fourth-order valence-electron chi connectivity index (χ4n) is 2.81. The molecule has 0 heterocycles. The molecule has 6 heteroatoms. The Labute approximate surface area is 158 Å². The monoisotopic (exact) mass is 382 g/mol. The smallest absolute Gasteiger partial charge is 0.347 e. The highest BCUT2D eigenvalue weighted by Gasteiger charge is 2.48. The summed E-state index contributed by atoms with van der Waals surface area (Å²) in [5, 5.41) is 10.1. The van der Waals surface area contributed by atoms with Gasteiger partial charge in [0.15, 0.2) is 0 Å². The third-order valence-electron chi connectivity index (χ3n) is 4.21. The van der Waals surface area contributed by atoms with Crippen molar-refractivity contribution in [3.05, 3.63) is 102 Å². The minimum Gasteiger partial charge on any atom is -0.479 e. The highest BCUT2D eigenvalue weighted by molar-refractivity contribution is 7.86. The first-order chi connectivity index (χ1) is 12.9. The summed E-state index contributed by atoms with van der Waals surface area (Å²) in [4.78, 5) is 12.3. The zero-order valence-electron chi connectivity index (χ0n) is 14.6. The van der Waals surface area contributed by atoms with E-state index in [0.717, 1.165) is 5.56 Å². The Morgan fingerprint density at radius 3 is 1.67 bits per heavy atom. The summed E-state index contributed by atoms with van der Waals surface area (Å²) < 4.78 is 31.3. The molecule has 1 N–H and O–H groups in total. The largest absolute Gasteiger partial charge is 0.479 e. The van der Waals surface area contributed by atoms with Crippen LogP contribution in [0.4, 0.5) is 0 Å². The van der Waals surface area contributed by atoms with Gasteiger partial charge < -0.3 is 5.11 Å². The molecule has 0 atom stereocenters. The maximum absolute atomic E-state index is 12.9. The predicted octanol–water partition coefficient (Wildman–Crippen LogP) is 3.73. The second-order valence-corrected chi connectivity index (χ2v) is 7.62. The number of carbonyl (C=O) groups is 1. The molecular formula is C21H18O5S. The summed E-state index contributed by atoms with van der Waals surface area (Å²) in [7, 11) is -4.36. The Bertz CT molecular complexity index is 987. The van der Waals surface area contributed by atoms with Gasteiger partial charge in [-0.15, -0.1) is 0 Å². The summed E-state index contributed by atoms with van der Waals surface area (Å²) in [6.45, 7) is 1.83. The number of hydrogen-bond acceptors (Lipinski definition) is 4.